The third-order valence-corrected chi connectivity index (χ3v) is 3.96. The van der Waals surface area contributed by atoms with Crippen molar-refractivity contribution in [3.8, 4) is 0 Å². The van der Waals surface area contributed by atoms with E-state index < -0.39 is 12.1 Å². The number of benzene rings is 2. The van der Waals surface area contributed by atoms with Crippen molar-refractivity contribution in [1.82, 2.24) is 0 Å². The highest BCUT2D eigenvalue weighted by atomic mass is 35.5. The number of rotatable bonds is 2. The molecule has 0 spiro atoms. The van der Waals surface area contributed by atoms with Crippen LogP contribution in [0, 0.1) is 13.8 Å². The molecule has 1 unspecified atom stereocenters. The number of anilines is 1. The van der Waals surface area contributed by atoms with Gasteiger partial charge in [0.15, 0.2) is 6.10 Å². The lowest BCUT2D eigenvalue weighted by molar-refractivity contribution is -0.125. The van der Waals surface area contributed by atoms with Crippen molar-refractivity contribution in [2.45, 2.75) is 26.4 Å². The molecule has 1 N–H and O–H groups in total. The first-order chi connectivity index (χ1) is 10.9. The van der Waals surface area contributed by atoms with Gasteiger partial charge in [0.05, 0.1) is 5.56 Å². The van der Waals surface area contributed by atoms with Crippen LogP contribution in [0.4, 0.5) is 5.69 Å². The standard InChI is InChI=1S/C18H16ClNO3/c1-10-5-11(2)7-14(6-10)20-17(21)16-9-12-8-13(19)3-4-15(12)18(22)23-16/h3-8,16H,9H2,1-2H3,(H,20,21). The van der Waals surface area contributed by atoms with Crippen molar-refractivity contribution in [3.05, 3.63) is 63.7 Å². The van der Waals surface area contributed by atoms with E-state index in [9.17, 15) is 9.59 Å². The summed E-state index contributed by atoms with van der Waals surface area (Å²) in [6.07, 6.45) is -0.535. The van der Waals surface area contributed by atoms with Crippen molar-refractivity contribution in [1.29, 1.82) is 0 Å². The number of halogens is 1. The second-order valence-corrected chi connectivity index (χ2v) is 6.20. The minimum atomic E-state index is -0.853. The van der Waals surface area contributed by atoms with Crippen molar-refractivity contribution in [3.63, 3.8) is 0 Å². The lowest BCUT2D eigenvalue weighted by atomic mass is 9.98. The molecule has 0 saturated heterocycles. The van der Waals surface area contributed by atoms with Crippen molar-refractivity contribution < 1.29 is 14.3 Å². The van der Waals surface area contributed by atoms with Crippen LogP contribution in [0.15, 0.2) is 36.4 Å². The number of ether oxygens (including phenoxy) is 1. The van der Waals surface area contributed by atoms with Gasteiger partial charge in [-0.05, 0) is 60.9 Å². The molecule has 1 heterocycles. The minimum Gasteiger partial charge on any atom is -0.448 e. The van der Waals surface area contributed by atoms with Gasteiger partial charge in [-0.1, -0.05) is 17.7 Å². The van der Waals surface area contributed by atoms with Gasteiger partial charge in [-0.2, -0.15) is 0 Å². The lowest BCUT2D eigenvalue weighted by Gasteiger charge is -2.24. The second kappa shape index (κ2) is 6.05. The number of cyclic esters (lactones) is 1. The third-order valence-electron chi connectivity index (χ3n) is 3.72. The number of aryl methyl sites for hydroxylation is 2. The van der Waals surface area contributed by atoms with Crippen molar-refractivity contribution >= 4 is 29.2 Å². The van der Waals surface area contributed by atoms with Gasteiger partial charge in [0.1, 0.15) is 0 Å². The molecule has 0 radical (unpaired) electrons. The molecule has 1 amide bonds. The maximum Gasteiger partial charge on any atom is 0.339 e. The zero-order valence-corrected chi connectivity index (χ0v) is 13.6. The number of carbonyl (C=O) groups excluding carboxylic acids is 2. The predicted molar refractivity (Wildman–Crippen MR) is 88.9 cm³/mol. The summed E-state index contributed by atoms with van der Waals surface area (Å²) in [4.78, 5) is 24.4. The molecule has 1 atom stereocenters. The molecule has 4 nitrogen and oxygen atoms in total. The Morgan fingerprint density at radius 1 is 1.17 bits per heavy atom. The van der Waals surface area contributed by atoms with Crippen LogP contribution in [-0.2, 0) is 16.0 Å². The van der Waals surface area contributed by atoms with Gasteiger partial charge in [-0.15, -0.1) is 0 Å². The number of hydrogen-bond acceptors (Lipinski definition) is 3. The van der Waals surface area contributed by atoms with Crippen LogP contribution in [0.2, 0.25) is 5.02 Å². The van der Waals surface area contributed by atoms with Gasteiger partial charge in [0, 0.05) is 17.1 Å². The maximum atomic E-state index is 12.4. The molecule has 23 heavy (non-hydrogen) atoms. The van der Waals surface area contributed by atoms with E-state index in [0.29, 0.717) is 22.7 Å². The Morgan fingerprint density at radius 3 is 2.57 bits per heavy atom. The monoisotopic (exact) mass is 329 g/mol. The first-order valence-corrected chi connectivity index (χ1v) is 7.69. The van der Waals surface area contributed by atoms with Crippen LogP contribution in [0.25, 0.3) is 0 Å². The zero-order valence-electron chi connectivity index (χ0n) is 12.9. The van der Waals surface area contributed by atoms with Crippen LogP contribution >= 0.6 is 11.6 Å². The summed E-state index contributed by atoms with van der Waals surface area (Å²) < 4.78 is 5.25. The fourth-order valence-electron chi connectivity index (χ4n) is 2.78. The summed E-state index contributed by atoms with van der Waals surface area (Å²) in [5.41, 5.74) is 4.00. The Hall–Kier alpha value is -2.33. The number of hydrogen-bond donors (Lipinski definition) is 1. The summed E-state index contributed by atoms with van der Waals surface area (Å²) >= 11 is 5.96. The smallest absolute Gasteiger partial charge is 0.339 e. The molecule has 3 rings (SSSR count). The van der Waals surface area contributed by atoms with Crippen LogP contribution in [0.5, 0.6) is 0 Å². The van der Waals surface area contributed by atoms with Crippen LogP contribution in [-0.4, -0.2) is 18.0 Å². The summed E-state index contributed by atoms with van der Waals surface area (Å²) in [7, 11) is 0. The van der Waals surface area contributed by atoms with Crippen molar-refractivity contribution in [2.75, 3.05) is 5.32 Å². The molecule has 1 aliphatic rings. The number of esters is 1. The van der Waals surface area contributed by atoms with Crippen LogP contribution < -0.4 is 5.32 Å². The molecule has 0 aromatic heterocycles. The van der Waals surface area contributed by atoms with E-state index in [2.05, 4.69) is 5.32 Å². The molecule has 0 aliphatic carbocycles. The first-order valence-electron chi connectivity index (χ1n) is 7.31. The Bertz CT molecular complexity index is 781. The Balaban J connectivity index is 1.80. The number of amides is 1. The van der Waals surface area contributed by atoms with Gasteiger partial charge in [-0.3, -0.25) is 4.79 Å². The quantitative estimate of drug-likeness (QED) is 0.855. The molecule has 1 aliphatic heterocycles. The lowest BCUT2D eigenvalue weighted by Crippen LogP contribution is -2.38. The van der Waals surface area contributed by atoms with E-state index in [1.807, 2.05) is 32.0 Å². The first kappa shape index (κ1) is 15.6. The SMILES string of the molecule is Cc1cc(C)cc(NC(=O)C2Cc3cc(Cl)ccc3C(=O)O2)c1. The largest absolute Gasteiger partial charge is 0.448 e. The molecule has 2 aromatic rings. The van der Waals surface area contributed by atoms with E-state index in [0.717, 1.165) is 16.7 Å². The van der Waals surface area contributed by atoms with Gasteiger partial charge in [0.25, 0.3) is 5.91 Å². The van der Waals surface area contributed by atoms with E-state index >= 15 is 0 Å². The Labute approximate surface area is 139 Å². The van der Waals surface area contributed by atoms with Gasteiger partial charge >= 0.3 is 5.97 Å². The van der Waals surface area contributed by atoms with Crippen LogP contribution in [0.1, 0.15) is 27.0 Å². The number of nitrogens with one attached hydrogen (secondary N) is 1. The van der Waals surface area contributed by atoms with Gasteiger partial charge < -0.3 is 10.1 Å². The number of carbonyl (C=O) groups is 2. The summed E-state index contributed by atoms with van der Waals surface area (Å²) in [5, 5.41) is 3.34. The van der Waals surface area contributed by atoms with E-state index in [4.69, 9.17) is 16.3 Å². The minimum absolute atomic E-state index is 0.318. The topological polar surface area (TPSA) is 55.4 Å². The molecule has 5 heteroatoms. The summed E-state index contributed by atoms with van der Waals surface area (Å²) in [6.45, 7) is 3.92. The Morgan fingerprint density at radius 2 is 1.87 bits per heavy atom. The highest BCUT2D eigenvalue weighted by molar-refractivity contribution is 6.30. The summed E-state index contributed by atoms with van der Waals surface area (Å²) in [5.74, 6) is -0.836. The van der Waals surface area contributed by atoms with Gasteiger partial charge in [0.2, 0.25) is 0 Å². The van der Waals surface area contributed by atoms with E-state index in [1.165, 1.54) is 0 Å². The Kier molecular flexibility index (Phi) is 4.09. The fraction of sp³-hybridized carbons (Fsp3) is 0.222. The average molecular weight is 330 g/mol. The zero-order chi connectivity index (χ0) is 16.6. The second-order valence-electron chi connectivity index (χ2n) is 5.77. The summed E-state index contributed by atoms with van der Waals surface area (Å²) in [6, 6.07) is 10.7. The molecule has 2 aromatic carbocycles. The molecular weight excluding hydrogens is 314 g/mol. The fourth-order valence-corrected chi connectivity index (χ4v) is 2.97. The van der Waals surface area contributed by atoms with Gasteiger partial charge in [-0.25, -0.2) is 4.79 Å². The highest BCUT2D eigenvalue weighted by Gasteiger charge is 2.31. The van der Waals surface area contributed by atoms with Crippen LogP contribution in [0.3, 0.4) is 0 Å². The van der Waals surface area contributed by atoms with E-state index in [-0.39, 0.29) is 5.91 Å². The predicted octanol–water partition coefficient (Wildman–Crippen LogP) is 3.68. The maximum absolute atomic E-state index is 12.4. The molecule has 0 saturated carbocycles. The average Bonchev–Trinajstić information content (AvgIpc) is 2.45. The number of fused-ring (bicyclic) bond motifs is 1. The highest BCUT2D eigenvalue weighted by Crippen LogP contribution is 2.25. The molecule has 118 valence electrons. The normalized spacial score (nSPS) is 16.5. The molecule has 0 bridgehead atoms. The molecular formula is C18H16ClNO3. The molecule has 0 fully saturated rings. The van der Waals surface area contributed by atoms with Crippen molar-refractivity contribution in [2.24, 2.45) is 0 Å². The third kappa shape index (κ3) is 3.37. The van der Waals surface area contributed by atoms with E-state index in [1.54, 1.807) is 18.2 Å².